The molecule has 3 rings (SSSR count). The highest BCUT2D eigenvalue weighted by Crippen LogP contribution is 2.19. The van der Waals surface area contributed by atoms with Gasteiger partial charge in [-0.05, 0) is 54.0 Å². The number of anilines is 1. The minimum atomic E-state index is -0.266. The summed E-state index contributed by atoms with van der Waals surface area (Å²) in [6.07, 6.45) is 2.57. The number of aromatic nitrogens is 2. The molecule has 0 radical (unpaired) electrons. The summed E-state index contributed by atoms with van der Waals surface area (Å²) in [6, 6.07) is 15.7. The zero-order valence-corrected chi connectivity index (χ0v) is 16.2. The predicted octanol–water partition coefficient (Wildman–Crippen LogP) is 4.75. The molecule has 1 N–H and O–H groups in total. The fraction of sp³-hybridized carbons (Fsp3) is 0.211. The van der Waals surface area contributed by atoms with E-state index in [9.17, 15) is 4.79 Å². The molecule has 1 aromatic heterocycles. The van der Waals surface area contributed by atoms with Crippen LogP contribution in [-0.4, -0.2) is 28.1 Å². The minimum absolute atomic E-state index is 0.109. The second-order valence-corrected chi connectivity index (χ2v) is 7.65. The lowest BCUT2D eigenvalue weighted by molar-refractivity contribution is 0.102. The summed E-state index contributed by atoms with van der Waals surface area (Å²) in [7, 11) is 0. The van der Waals surface area contributed by atoms with Crippen molar-refractivity contribution in [1.82, 2.24) is 10.2 Å². The first-order valence-corrected chi connectivity index (χ1v) is 10.4. The van der Waals surface area contributed by atoms with Gasteiger partial charge in [-0.3, -0.25) is 10.1 Å². The zero-order chi connectivity index (χ0) is 18.4. The molecule has 0 fully saturated rings. The number of carbonyl (C=O) groups excluding carboxylic acids is 1. The molecule has 1 amide bonds. The number of rotatable bonds is 7. The second-order valence-electron chi connectivity index (χ2n) is 5.44. The molecule has 3 aromatic rings. The Bertz CT molecular complexity index is 861. The Balaban J connectivity index is 1.61. The van der Waals surface area contributed by atoms with Gasteiger partial charge in [0.15, 0.2) is 0 Å². The van der Waals surface area contributed by atoms with Crippen LogP contribution in [0.3, 0.4) is 0 Å². The van der Waals surface area contributed by atoms with Crippen LogP contribution in [0.25, 0.3) is 0 Å². The third-order valence-corrected chi connectivity index (χ3v) is 5.27. The van der Waals surface area contributed by atoms with Gasteiger partial charge in [0, 0.05) is 15.4 Å². The maximum absolute atomic E-state index is 12.3. The zero-order valence-electron chi connectivity index (χ0n) is 14.6. The Morgan fingerprint density at radius 3 is 2.38 bits per heavy atom. The van der Waals surface area contributed by atoms with Gasteiger partial charge in [0.1, 0.15) is 0 Å². The van der Waals surface area contributed by atoms with E-state index in [-0.39, 0.29) is 11.9 Å². The maximum atomic E-state index is 12.3. The Labute approximate surface area is 161 Å². The van der Waals surface area contributed by atoms with Crippen LogP contribution in [0, 0.1) is 0 Å². The highest BCUT2D eigenvalue weighted by molar-refractivity contribution is 7.99. The number of hydrogen-bond donors (Lipinski definition) is 1. The van der Waals surface area contributed by atoms with Gasteiger partial charge in [0.2, 0.25) is 5.89 Å². The molecule has 0 aliphatic carbocycles. The average molecular weight is 386 g/mol. The van der Waals surface area contributed by atoms with Crippen LogP contribution in [0.4, 0.5) is 6.01 Å². The standard InChI is InChI=1S/C19H19N3O2S2/c1-3-26-16-10-6-14(7-11-16)18(23)20-19-22-21-17(24-19)12-13-4-8-15(25-2)9-5-13/h4-11H,3,12H2,1-2H3,(H,20,22,23). The molecule has 0 saturated heterocycles. The van der Waals surface area contributed by atoms with E-state index >= 15 is 0 Å². The van der Waals surface area contributed by atoms with Crippen molar-refractivity contribution in [3.63, 3.8) is 0 Å². The predicted molar refractivity (Wildman–Crippen MR) is 106 cm³/mol. The topological polar surface area (TPSA) is 68.0 Å². The van der Waals surface area contributed by atoms with Crippen molar-refractivity contribution >= 4 is 35.4 Å². The van der Waals surface area contributed by atoms with E-state index in [1.165, 1.54) is 4.90 Å². The largest absolute Gasteiger partial charge is 0.407 e. The Kier molecular flexibility index (Phi) is 6.35. The van der Waals surface area contributed by atoms with E-state index in [1.807, 2.05) is 30.5 Å². The van der Waals surface area contributed by atoms with E-state index in [4.69, 9.17) is 4.42 Å². The minimum Gasteiger partial charge on any atom is -0.407 e. The summed E-state index contributed by atoms with van der Waals surface area (Å²) in [4.78, 5) is 14.6. The van der Waals surface area contributed by atoms with Crippen molar-refractivity contribution in [2.24, 2.45) is 0 Å². The fourth-order valence-electron chi connectivity index (χ4n) is 2.33. The number of nitrogens with zero attached hydrogens (tertiary/aromatic N) is 2. The molecule has 134 valence electrons. The van der Waals surface area contributed by atoms with Gasteiger partial charge < -0.3 is 4.42 Å². The van der Waals surface area contributed by atoms with Gasteiger partial charge in [-0.25, -0.2) is 0 Å². The van der Waals surface area contributed by atoms with Crippen LogP contribution in [0.1, 0.15) is 28.7 Å². The van der Waals surface area contributed by atoms with Gasteiger partial charge in [0.25, 0.3) is 5.91 Å². The second kappa shape index (κ2) is 8.91. The SMILES string of the molecule is CCSc1ccc(C(=O)Nc2nnc(Cc3ccc(SC)cc3)o2)cc1. The number of carbonyl (C=O) groups is 1. The third kappa shape index (κ3) is 4.89. The molecule has 0 atom stereocenters. The van der Waals surface area contributed by atoms with Crippen LogP contribution in [0.15, 0.2) is 62.7 Å². The first kappa shape index (κ1) is 18.5. The van der Waals surface area contributed by atoms with Crippen molar-refractivity contribution < 1.29 is 9.21 Å². The lowest BCUT2D eigenvalue weighted by atomic mass is 10.1. The number of hydrogen-bond acceptors (Lipinski definition) is 6. The Morgan fingerprint density at radius 1 is 1.04 bits per heavy atom. The van der Waals surface area contributed by atoms with Crippen LogP contribution in [-0.2, 0) is 6.42 Å². The molecule has 1 heterocycles. The van der Waals surface area contributed by atoms with E-state index < -0.39 is 0 Å². The maximum Gasteiger partial charge on any atom is 0.322 e. The Morgan fingerprint density at radius 2 is 1.73 bits per heavy atom. The van der Waals surface area contributed by atoms with Crippen molar-refractivity contribution in [1.29, 1.82) is 0 Å². The average Bonchev–Trinajstić information content (AvgIpc) is 3.10. The molecule has 7 heteroatoms. The van der Waals surface area contributed by atoms with Crippen molar-refractivity contribution in [3.05, 3.63) is 65.5 Å². The number of benzene rings is 2. The summed E-state index contributed by atoms with van der Waals surface area (Å²) >= 11 is 3.43. The molecule has 0 saturated carbocycles. The van der Waals surface area contributed by atoms with Gasteiger partial charge in [-0.15, -0.1) is 28.6 Å². The van der Waals surface area contributed by atoms with Crippen molar-refractivity contribution in [2.45, 2.75) is 23.1 Å². The summed E-state index contributed by atoms with van der Waals surface area (Å²) in [5.74, 6) is 1.19. The third-order valence-electron chi connectivity index (χ3n) is 3.63. The number of thioether (sulfide) groups is 2. The van der Waals surface area contributed by atoms with E-state index in [2.05, 4.69) is 34.6 Å². The van der Waals surface area contributed by atoms with Gasteiger partial charge in [-0.1, -0.05) is 24.2 Å². The smallest absolute Gasteiger partial charge is 0.322 e. The van der Waals surface area contributed by atoms with Crippen LogP contribution in [0.5, 0.6) is 0 Å². The molecule has 0 aliphatic heterocycles. The van der Waals surface area contributed by atoms with Gasteiger partial charge in [-0.2, -0.15) is 0 Å². The first-order valence-electron chi connectivity index (χ1n) is 8.17. The van der Waals surface area contributed by atoms with Gasteiger partial charge >= 0.3 is 6.01 Å². The molecule has 0 aliphatic rings. The molecule has 5 nitrogen and oxygen atoms in total. The van der Waals surface area contributed by atoms with Crippen molar-refractivity contribution in [2.75, 3.05) is 17.3 Å². The molecule has 2 aromatic carbocycles. The van der Waals surface area contributed by atoms with Crippen LogP contribution in [0.2, 0.25) is 0 Å². The summed E-state index contributed by atoms with van der Waals surface area (Å²) in [6.45, 7) is 2.09. The van der Waals surface area contributed by atoms with E-state index in [0.29, 0.717) is 17.9 Å². The van der Waals surface area contributed by atoms with E-state index in [1.54, 1.807) is 35.7 Å². The normalized spacial score (nSPS) is 10.7. The van der Waals surface area contributed by atoms with E-state index in [0.717, 1.165) is 16.2 Å². The number of amides is 1. The molecule has 0 spiro atoms. The first-order chi connectivity index (χ1) is 12.7. The summed E-state index contributed by atoms with van der Waals surface area (Å²) in [5, 5.41) is 10.5. The van der Waals surface area contributed by atoms with Crippen molar-refractivity contribution in [3.8, 4) is 0 Å². The van der Waals surface area contributed by atoms with Crippen LogP contribution < -0.4 is 5.32 Å². The highest BCUT2D eigenvalue weighted by Gasteiger charge is 2.12. The summed E-state index contributed by atoms with van der Waals surface area (Å²) < 4.78 is 5.54. The lowest BCUT2D eigenvalue weighted by Gasteiger charge is -2.02. The molecular weight excluding hydrogens is 366 g/mol. The summed E-state index contributed by atoms with van der Waals surface area (Å²) in [5.41, 5.74) is 1.63. The highest BCUT2D eigenvalue weighted by atomic mass is 32.2. The Hall–Kier alpha value is -2.25. The molecule has 0 unspecified atom stereocenters. The quantitative estimate of drug-likeness (QED) is 0.592. The number of nitrogens with one attached hydrogen (secondary N) is 1. The van der Waals surface area contributed by atoms with Gasteiger partial charge in [0.05, 0.1) is 6.42 Å². The molecular formula is C19H19N3O2S2. The molecule has 26 heavy (non-hydrogen) atoms. The van der Waals surface area contributed by atoms with Crippen LogP contribution >= 0.6 is 23.5 Å². The molecule has 0 bridgehead atoms. The monoisotopic (exact) mass is 385 g/mol. The fourth-order valence-corrected chi connectivity index (χ4v) is 3.40. The lowest BCUT2D eigenvalue weighted by Crippen LogP contribution is -2.11.